The van der Waals surface area contributed by atoms with Crippen molar-refractivity contribution in [2.45, 2.75) is 26.4 Å². The molecule has 0 aliphatic carbocycles. The van der Waals surface area contributed by atoms with E-state index in [-0.39, 0.29) is 5.91 Å². The fourth-order valence-electron chi connectivity index (χ4n) is 2.67. The predicted molar refractivity (Wildman–Crippen MR) is 81.9 cm³/mol. The number of nitrogens with one attached hydrogen (secondary N) is 1. The van der Waals surface area contributed by atoms with E-state index >= 15 is 0 Å². The van der Waals surface area contributed by atoms with Crippen LogP contribution < -0.4 is 5.32 Å². The maximum Gasteiger partial charge on any atom is 0.251 e. The number of carbonyl (C=O) groups is 1. The lowest BCUT2D eigenvalue weighted by atomic mass is 10.0. The minimum atomic E-state index is -0.707. The van der Waals surface area contributed by atoms with E-state index in [2.05, 4.69) is 21.2 Å². The number of likely N-dealkylation sites (tertiary alicyclic amines) is 1. The Kier molecular flexibility index (Phi) is 5.16. The molecular formula is C15H20BrFN2O. The van der Waals surface area contributed by atoms with Crippen molar-refractivity contribution in [2.75, 3.05) is 26.2 Å². The van der Waals surface area contributed by atoms with Gasteiger partial charge in [-0.05, 0) is 43.5 Å². The predicted octanol–water partition coefficient (Wildman–Crippen LogP) is 2.84. The summed E-state index contributed by atoms with van der Waals surface area (Å²) in [6.07, 6.45) is -0.0968. The van der Waals surface area contributed by atoms with Crippen molar-refractivity contribution in [3.63, 3.8) is 0 Å². The van der Waals surface area contributed by atoms with Gasteiger partial charge in [0.2, 0.25) is 0 Å². The molecule has 20 heavy (non-hydrogen) atoms. The minimum absolute atomic E-state index is 0.0523. The van der Waals surface area contributed by atoms with Gasteiger partial charge in [0, 0.05) is 36.2 Å². The molecule has 0 bridgehead atoms. The summed E-state index contributed by atoms with van der Waals surface area (Å²) in [7, 11) is 0. The Morgan fingerprint density at radius 1 is 1.45 bits per heavy atom. The molecule has 0 unspecified atom stereocenters. The molecule has 1 aliphatic heterocycles. The lowest BCUT2D eigenvalue weighted by Gasteiger charge is -2.16. The zero-order valence-corrected chi connectivity index (χ0v) is 13.5. The van der Waals surface area contributed by atoms with E-state index in [0.29, 0.717) is 26.1 Å². The highest BCUT2D eigenvalue weighted by molar-refractivity contribution is 9.10. The molecule has 2 rings (SSSR count). The summed E-state index contributed by atoms with van der Waals surface area (Å²) in [4.78, 5) is 14.3. The van der Waals surface area contributed by atoms with E-state index in [1.807, 2.05) is 30.9 Å². The van der Waals surface area contributed by atoms with E-state index < -0.39 is 6.17 Å². The third kappa shape index (κ3) is 3.79. The quantitative estimate of drug-likeness (QED) is 0.912. The van der Waals surface area contributed by atoms with Crippen molar-refractivity contribution < 1.29 is 9.18 Å². The van der Waals surface area contributed by atoms with Gasteiger partial charge in [0.1, 0.15) is 6.17 Å². The topological polar surface area (TPSA) is 32.3 Å². The van der Waals surface area contributed by atoms with Crippen LogP contribution in [0.5, 0.6) is 0 Å². The van der Waals surface area contributed by atoms with E-state index in [9.17, 15) is 9.18 Å². The Balaban J connectivity index is 1.89. The number of benzene rings is 1. The second kappa shape index (κ2) is 6.68. The van der Waals surface area contributed by atoms with Crippen LogP contribution in [0, 0.1) is 13.8 Å². The smallest absolute Gasteiger partial charge is 0.251 e. The van der Waals surface area contributed by atoms with Gasteiger partial charge in [-0.2, -0.15) is 0 Å². The van der Waals surface area contributed by atoms with Crippen molar-refractivity contribution >= 4 is 21.8 Å². The molecule has 1 heterocycles. The summed E-state index contributed by atoms with van der Waals surface area (Å²) in [5.41, 5.74) is 2.65. The highest BCUT2D eigenvalue weighted by atomic mass is 79.9. The number of alkyl halides is 1. The van der Waals surface area contributed by atoms with Gasteiger partial charge in [-0.15, -0.1) is 0 Å². The molecule has 0 saturated carbocycles. The molecule has 1 aromatic carbocycles. The second-order valence-corrected chi connectivity index (χ2v) is 6.27. The summed E-state index contributed by atoms with van der Waals surface area (Å²) < 4.78 is 14.0. The average Bonchev–Trinajstić information content (AvgIpc) is 2.73. The van der Waals surface area contributed by atoms with Gasteiger partial charge in [-0.25, -0.2) is 4.39 Å². The van der Waals surface area contributed by atoms with Crippen LogP contribution in [-0.4, -0.2) is 43.2 Å². The largest absolute Gasteiger partial charge is 0.351 e. The number of hydrogen-bond acceptors (Lipinski definition) is 2. The number of nitrogens with zero attached hydrogens (tertiary/aromatic N) is 1. The van der Waals surface area contributed by atoms with Gasteiger partial charge in [-0.3, -0.25) is 9.69 Å². The van der Waals surface area contributed by atoms with Crippen LogP contribution in [0.2, 0.25) is 0 Å². The van der Waals surface area contributed by atoms with E-state index in [0.717, 1.165) is 27.7 Å². The number of carbonyl (C=O) groups excluding carboxylic acids is 1. The minimum Gasteiger partial charge on any atom is -0.351 e. The Bertz CT molecular complexity index is 484. The second-order valence-electron chi connectivity index (χ2n) is 5.36. The first-order chi connectivity index (χ1) is 9.47. The molecule has 1 amide bonds. The number of aryl methyl sites for hydroxylation is 2. The lowest BCUT2D eigenvalue weighted by molar-refractivity contribution is 0.0948. The van der Waals surface area contributed by atoms with E-state index in [4.69, 9.17) is 0 Å². The first-order valence-corrected chi connectivity index (χ1v) is 7.68. The molecule has 1 atom stereocenters. The monoisotopic (exact) mass is 342 g/mol. The summed E-state index contributed by atoms with van der Waals surface area (Å²) in [6.45, 7) is 6.41. The van der Waals surface area contributed by atoms with E-state index in [1.165, 1.54) is 0 Å². The summed E-state index contributed by atoms with van der Waals surface area (Å²) in [6, 6.07) is 3.88. The molecule has 5 heteroatoms. The molecule has 0 radical (unpaired) electrons. The Morgan fingerprint density at radius 3 is 2.65 bits per heavy atom. The van der Waals surface area contributed by atoms with E-state index in [1.54, 1.807) is 0 Å². The van der Waals surface area contributed by atoms with Gasteiger partial charge < -0.3 is 5.32 Å². The number of halogens is 2. The highest BCUT2D eigenvalue weighted by Gasteiger charge is 2.21. The molecule has 0 aromatic heterocycles. The molecule has 1 saturated heterocycles. The van der Waals surface area contributed by atoms with Crippen LogP contribution in [0.1, 0.15) is 27.9 Å². The normalized spacial score (nSPS) is 19.3. The maximum absolute atomic E-state index is 13.0. The highest BCUT2D eigenvalue weighted by Crippen LogP contribution is 2.20. The Hall–Kier alpha value is -0.940. The molecule has 1 fully saturated rings. The van der Waals surface area contributed by atoms with Crippen molar-refractivity contribution in [3.8, 4) is 0 Å². The van der Waals surface area contributed by atoms with Gasteiger partial charge in [0.05, 0.1) is 0 Å². The van der Waals surface area contributed by atoms with Crippen LogP contribution in [0.15, 0.2) is 16.6 Å². The van der Waals surface area contributed by atoms with Crippen LogP contribution in [0.4, 0.5) is 4.39 Å². The van der Waals surface area contributed by atoms with Gasteiger partial charge >= 0.3 is 0 Å². The lowest BCUT2D eigenvalue weighted by Crippen LogP contribution is -2.34. The fourth-order valence-corrected chi connectivity index (χ4v) is 3.36. The zero-order chi connectivity index (χ0) is 14.7. The van der Waals surface area contributed by atoms with Gasteiger partial charge in [0.25, 0.3) is 5.91 Å². The maximum atomic E-state index is 13.0. The summed E-state index contributed by atoms with van der Waals surface area (Å²) in [5, 5.41) is 2.92. The van der Waals surface area contributed by atoms with Crippen molar-refractivity contribution in [3.05, 3.63) is 33.3 Å². The first kappa shape index (κ1) is 15.4. The van der Waals surface area contributed by atoms with Crippen LogP contribution >= 0.6 is 15.9 Å². The van der Waals surface area contributed by atoms with Crippen LogP contribution in [0.3, 0.4) is 0 Å². The molecule has 3 nitrogen and oxygen atoms in total. The fraction of sp³-hybridized carbons (Fsp3) is 0.533. The first-order valence-electron chi connectivity index (χ1n) is 6.88. The summed E-state index contributed by atoms with van der Waals surface area (Å²) in [5.74, 6) is -0.0523. The van der Waals surface area contributed by atoms with Crippen molar-refractivity contribution in [1.29, 1.82) is 0 Å². The van der Waals surface area contributed by atoms with Crippen molar-refractivity contribution in [2.24, 2.45) is 0 Å². The standard InChI is InChI=1S/C15H20BrFN2O/c1-10-7-12(16)8-11(2)14(10)15(20)18-4-6-19-5-3-13(17)9-19/h7-8,13H,3-6,9H2,1-2H3,(H,18,20)/t13-/m1/s1. The van der Waals surface area contributed by atoms with Crippen LogP contribution in [0.25, 0.3) is 0 Å². The molecular weight excluding hydrogens is 323 g/mol. The number of amides is 1. The van der Waals surface area contributed by atoms with Gasteiger partial charge in [0.15, 0.2) is 0 Å². The molecule has 110 valence electrons. The number of rotatable bonds is 4. The Labute approximate surface area is 127 Å². The SMILES string of the molecule is Cc1cc(Br)cc(C)c1C(=O)NCCN1CC[C@@H](F)C1. The molecule has 1 aromatic rings. The van der Waals surface area contributed by atoms with Crippen molar-refractivity contribution in [1.82, 2.24) is 10.2 Å². The van der Waals surface area contributed by atoms with Crippen LogP contribution in [-0.2, 0) is 0 Å². The molecule has 0 spiro atoms. The molecule has 1 aliphatic rings. The zero-order valence-electron chi connectivity index (χ0n) is 11.9. The third-order valence-corrected chi connectivity index (χ3v) is 4.11. The number of hydrogen-bond donors (Lipinski definition) is 1. The summed E-state index contributed by atoms with van der Waals surface area (Å²) >= 11 is 3.43. The molecule has 1 N–H and O–H groups in total. The third-order valence-electron chi connectivity index (χ3n) is 3.65. The van der Waals surface area contributed by atoms with Gasteiger partial charge in [-0.1, -0.05) is 15.9 Å². The average molecular weight is 343 g/mol. The Morgan fingerprint density at radius 2 is 2.10 bits per heavy atom.